The van der Waals surface area contributed by atoms with Gasteiger partial charge in [-0.3, -0.25) is 0 Å². The second kappa shape index (κ2) is 6.52. The van der Waals surface area contributed by atoms with Gasteiger partial charge in [0.1, 0.15) is 18.1 Å². The van der Waals surface area contributed by atoms with Crippen molar-refractivity contribution in [3.63, 3.8) is 0 Å². The normalized spacial score (nSPS) is 11.3. The van der Waals surface area contributed by atoms with Gasteiger partial charge in [-0.05, 0) is 30.3 Å². The predicted molar refractivity (Wildman–Crippen MR) is 74.4 cm³/mol. The summed E-state index contributed by atoms with van der Waals surface area (Å²) < 4.78 is 46.9. The van der Waals surface area contributed by atoms with Crippen molar-refractivity contribution in [2.45, 2.75) is 13.0 Å². The second-order valence-electron chi connectivity index (χ2n) is 4.52. The highest BCUT2D eigenvalue weighted by atomic mass is 19.4. The van der Waals surface area contributed by atoms with E-state index in [1.54, 1.807) is 24.7 Å². The fourth-order valence-electron chi connectivity index (χ4n) is 1.79. The van der Waals surface area contributed by atoms with E-state index in [0.29, 0.717) is 11.4 Å². The van der Waals surface area contributed by atoms with Crippen LogP contribution in [0.3, 0.4) is 0 Å². The average molecular weight is 337 g/mol. The van der Waals surface area contributed by atoms with Gasteiger partial charge in [-0.15, -0.1) is 18.3 Å². The first-order valence-corrected chi connectivity index (χ1v) is 6.67. The lowest BCUT2D eigenvalue weighted by molar-refractivity contribution is -0.274. The fourth-order valence-corrected chi connectivity index (χ4v) is 1.79. The SMILES string of the molecule is FC(F)(F)Oc1ccc(-n2cc(COc3ncccn3)nn2)cc1. The molecule has 0 spiro atoms. The van der Waals surface area contributed by atoms with E-state index < -0.39 is 6.36 Å². The third kappa shape index (κ3) is 4.18. The molecule has 0 unspecified atom stereocenters. The Bertz CT molecular complexity index is 790. The molecule has 0 aliphatic heterocycles. The van der Waals surface area contributed by atoms with E-state index in [2.05, 4.69) is 25.0 Å². The Balaban J connectivity index is 1.64. The highest BCUT2D eigenvalue weighted by molar-refractivity contribution is 5.36. The minimum absolute atomic E-state index is 0.110. The summed E-state index contributed by atoms with van der Waals surface area (Å²) in [5.41, 5.74) is 1.04. The van der Waals surface area contributed by atoms with Crippen molar-refractivity contribution in [3.05, 3.63) is 54.6 Å². The van der Waals surface area contributed by atoms with Gasteiger partial charge in [-0.1, -0.05) is 5.21 Å². The molecule has 0 atom stereocenters. The number of aromatic nitrogens is 5. The van der Waals surface area contributed by atoms with Gasteiger partial charge in [0, 0.05) is 12.4 Å². The summed E-state index contributed by atoms with van der Waals surface area (Å²) in [6.45, 7) is 0.110. The summed E-state index contributed by atoms with van der Waals surface area (Å²) in [6, 6.07) is 7.12. The highest BCUT2D eigenvalue weighted by Crippen LogP contribution is 2.23. The molecule has 0 fully saturated rings. The minimum Gasteiger partial charge on any atom is -0.457 e. The largest absolute Gasteiger partial charge is 0.573 e. The molecule has 0 saturated carbocycles. The number of alkyl halides is 3. The van der Waals surface area contributed by atoms with Crippen molar-refractivity contribution >= 4 is 0 Å². The van der Waals surface area contributed by atoms with E-state index >= 15 is 0 Å². The Kier molecular flexibility index (Phi) is 4.27. The summed E-state index contributed by atoms with van der Waals surface area (Å²) in [5, 5.41) is 7.80. The van der Waals surface area contributed by atoms with Crippen molar-refractivity contribution < 1.29 is 22.6 Å². The smallest absolute Gasteiger partial charge is 0.457 e. The van der Waals surface area contributed by atoms with E-state index in [-0.39, 0.29) is 18.4 Å². The summed E-state index contributed by atoms with van der Waals surface area (Å²) in [4.78, 5) is 7.81. The molecule has 0 N–H and O–H groups in total. The van der Waals surface area contributed by atoms with Crippen LogP contribution in [0, 0.1) is 0 Å². The average Bonchev–Trinajstić information content (AvgIpc) is 3.02. The molecule has 3 rings (SSSR count). The number of rotatable bonds is 5. The molecule has 0 aliphatic carbocycles. The quantitative estimate of drug-likeness (QED) is 0.712. The number of hydrogen-bond acceptors (Lipinski definition) is 6. The van der Waals surface area contributed by atoms with Crippen LogP contribution in [-0.4, -0.2) is 31.3 Å². The molecule has 24 heavy (non-hydrogen) atoms. The molecule has 2 aromatic heterocycles. The third-order valence-electron chi connectivity index (χ3n) is 2.77. The first-order valence-electron chi connectivity index (χ1n) is 6.67. The summed E-state index contributed by atoms with van der Waals surface area (Å²) in [5.74, 6) is -0.309. The van der Waals surface area contributed by atoms with Crippen LogP contribution in [0.5, 0.6) is 11.8 Å². The molecule has 0 amide bonds. The molecule has 0 bridgehead atoms. The standard InChI is InChI=1S/C14H10F3N5O2/c15-14(16,17)24-12-4-2-11(3-5-12)22-8-10(20-21-22)9-23-13-18-6-1-7-19-13/h1-8H,9H2. The summed E-state index contributed by atoms with van der Waals surface area (Å²) in [6.07, 6.45) is -0.0468. The summed E-state index contributed by atoms with van der Waals surface area (Å²) in [7, 11) is 0. The highest BCUT2D eigenvalue weighted by Gasteiger charge is 2.30. The lowest BCUT2D eigenvalue weighted by atomic mass is 10.3. The molecule has 124 valence electrons. The van der Waals surface area contributed by atoms with Gasteiger partial charge >= 0.3 is 12.4 Å². The monoisotopic (exact) mass is 337 g/mol. The maximum atomic E-state index is 12.1. The first kappa shape index (κ1) is 15.7. The zero-order valence-electron chi connectivity index (χ0n) is 12.0. The van der Waals surface area contributed by atoms with E-state index in [0.717, 1.165) is 0 Å². The van der Waals surface area contributed by atoms with E-state index in [4.69, 9.17) is 4.74 Å². The number of ether oxygens (including phenoxy) is 2. The molecule has 0 radical (unpaired) electrons. The number of benzene rings is 1. The Morgan fingerprint density at radius 1 is 1.04 bits per heavy atom. The van der Waals surface area contributed by atoms with E-state index in [9.17, 15) is 13.2 Å². The molecule has 3 aromatic rings. The Labute approximate surface area is 133 Å². The van der Waals surface area contributed by atoms with Gasteiger partial charge in [-0.2, -0.15) is 0 Å². The van der Waals surface area contributed by atoms with Crippen LogP contribution < -0.4 is 9.47 Å². The van der Waals surface area contributed by atoms with Crippen LogP contribution in [0.25, 0.3) is 5.69 Å². The molecule has 0 aliphatic rings. The third-order valence-corrected chi connectivity index (χ3v) is 2.77. The Morgan fingerprint density at radius 3 is 2.42 bits per heavy atom. The zero-order chi connectivity index (χ0) is 17.0. The minimum atomic E-state index is -4.72. The second-order valence-corrected chi connectivity index (χ2v) is 4.52. The first-order chi connectivity index (χ1) is 11.5. The van der Waals surface area contributed by atoms with Crippen LogP contribution >= 0.6 is 0 Å². The topological polar surface area (TPSA) is 75.0 Å². The maximum absolute atomic E-state index is 12.1. The Hall–Kier alpha value is -3.17. The van der Waals surface area contributed by atoms with E-state index in [1.807, 2.05) is 0 Å². The fraction of sp³-hybridized carbons (Fsp3) is 0.143. The van der Waals surface area contributed by atoms with E-state index in [1.165, 1.54) is 28.9 Å². The van der Waals surface area contributed by atoms with Gasteiger partial charge < -0.3 is 9.47 Å². The van der Waals surface area contributed by atoms with Gasteiger partial charge in [0.2, 0.25) is 0 Å². The van der Waals surface area contributed by atoms with Crippen molar-refractivity contribution in [3.8, 4) is 17.4 Å². The van der Waals surface area contributed by atoms with Crippen LogP contribution in [0.2, 0.25) is 0 Å². The maximum Gasteiger partial charge on any atom is 0.573 e. The number of halogens is 3. The van der Waals surface area contributed by atoms with Crippen molar-refractivity contribution in [1.29, 1.82) is 0 Å². The lowest BCUT2D eigenvalue weighted by Crippen LogP contribution is -2.17. The van der Waals surface area contributed by atoms with Gasteiger partial charge in [0.15, 0.2) is 0 Å². The molecule has 7 nitrogen and oxygen atoms in total. The molecule has 2 heterocycles. The number of nitrogens with zero attached hydrogens (tertiary/aromatic N) is 5. The van der Waals surface area contributed by atoms with Gasteiger partial charge in [-0.25, -0.2) is 14.6 Å². The van der Waals surface area contributed by atoms with Gasteiger partial charge in [0.25, 0.3) is 0 Å². The van der Waals surface area contributed by atoms with Crippen LogP contribution in [0.1, 0.15) is 5.69 Å². The van der Waals surface area contributed by atoms with Gasteiger partial charge in [0.05, 0.1) is 11.9 Å². The lowest BCUT2D eigenvalue weighted by Gasteiger charge is -2.08. The molecular formula is C14H10F3N5O2. The Morgan fingerprint density at radius 2 is 1.75 bits per heavy atom. The van der Waals surface area contributed by atoms with Crippen molar-refractivity contribution in [2.75, 3.05) is 0 Å². The van der Waals surface area contributed by atoms with Crippen LogP contribution in [0.4, 0.5) is 13.2 Å². The molecule has 10 heteroatoms. The predicted octanol–water partition coefficient (Wildman–Crippen LogP) is 2.53. The van der Waals surface area contributed by atoms with Crippen LogP contribution in [0.15, 0.2) is 48.9 Å². The summed E-state index contributed by atoms with van der Waals surface area (Å²) >= 11 is 0. The van der Waals surface area contributed by atoms with Crippen molar-refractivity contribution in [1.82, 2.24) is 25.0 Å². The number of hydrogen-bond donors (Lipinski definition) is 0. The molecular weight excluding hydrogens is 327 g/mol. The van der Waals surface area contributed by atoms with Crippen molar-refractivity contribution in [2.24, 2.45) is 0 Å². The molecule has 1 aromatic carbocycles. The van der Waals surface area contributed by atoms with Crippen LogP contribution in [-0.2, 0) is 6.61 Å². The zero-order valence-corrected chi connectivity index (χ0v) is 12.0. The molecule has 0 saturated heterocycles.